The van der Waals surface area contributed by atoms with Crippen molar-refractivity contribution in [1.82, 2.24) is 15.1 Å². The predicted molar refractivity (Wildman–Crippen MR) is 63.6 cm³/mol. The number of amides is 1. The molecule has 6 heteroatoms. The summed E-state index contributed by atoms with van der Waals surface area (Å²) in [7, 11) is 0. The van der Waals surface area contributed by atoms with E-state index in [-0.39, 0.29) is 0 Å². The van der Waals surface area contributed by atoms with E-state index in [4.69, 9.17) is 10.3 Å². The van der Waals surface area contributed by atoms with Crippen LogP contribution in [0.5, 0.6) is 0 Å². The van der Waals surface area contributed by atoms with Crippen molar-refractivity contribution in [3.8, 4) is 11.3 Å². The summed E-state index contributed by atoms with van der Waals surface area (Å²) >= 11 is 0. The Labute approximate surface area is 101 Å². The van der Waals surface area contributed by atoms with Crippen LogP contribution in [0.1, 0.15) is 10.4 Å². The van der Waals surface area contributed by atoms with Gasteiger partial charge in [-0.25, -0.2) is 9.97 Å². The maximum absolute atomic E-state index is 11.3. The minimum Gasteiger partial charge on any atom is -0.365 e. The van der Waals surface area contributed by atoms with E-state index in [0.717, 1.165) is 5.56 Å². The van der Waals surface area contributed by atoms with Gasteiger partial charge >= 0.3 is 0 Å². The summed E-state index contributed by atoms with van der Waals surface area (Å²) < 4.78 is 5.19. The van der Waals surface area contributed by atoms with Crippen LogP contribution in [0.3, 0.4) is 0 Å². The van der Waals surface area contributed by atoms with Crippen molar-refractivity contribution >= 4 is 16.9 Å². The molecule has 2 aromatic heterocycles. The number of benzene rings is 1. The van der Waals surface area contributed by atoms with Crippen LogP contribution in [0.2, 0.25) is 0 Å². The molecular weight excluding hydrogens is 232 g/mol. The molecule has 2 heterocycles. The lowest BCUT2D eigenvalue weighted by Crippen LogP contribution is -2.10. The van der Waals surface area contributed by atoms with Gasteiger partial charge in [-0.1, -0.05) is 11.2 Å². The van der Waals surface area contributed by atoms with Crippen molar-refractivity contribution in [3.63, 3.8) is 0 Å². The lowest BCUT2D eigenvalue weighted by Gasteiger charge is -1.96. The lowest BCUT2D eigenvalue weighted by molar-refractivity contribution is 0.100. The Kier molecular flexibility index (Phi) is 2.26. The van der Waals surface area contributed by atoms with Gasteiger partial charge in [-0.3, -0.25) is 4.79 Å². The number of hydrogen-bond donors (Lipinski definition) is 1. The first-order chi connectivity index (χ1) is 8.77. The van der Waals surface area contributed by atoms with Crippen LogP contribution in [-0.4, -0.2) is 21.0 Å². The van der Waals surface area contributed by atoms with Crippen molar-refractivity contribution in [2.24, 2.45) is 5.73 Å². The normalized spacial score (nSPS) is 10.7. The van der Waals surface area contributed by atoms with E-state index in [9.17, 15) is 4.79 Å². The highest BCUT2D eigenvalue weighted by Crippen LogP contribution is 2.28. The quantitative estimate of drug-likeness (QED) is 0.730. The zero-order chi connectivity index (χ0) is 12.5. The molecule has 0 bridgehead atoms. The fourth-order valence-corrected chi connectivity index (χ4v) is 1.79. The second-order valence-electron chi connectivity index (χ2n) is 3.70. The maximum Gasteiger partial charge on any atom is 0.252 e. The van der Waals surface area contributed by atoms with Crippen molar-refractivity contribution in [2.45, 2.75) is 0 Å². The molecule has 0 saturated carbocycles. The van der Waals surface area contributed by atoms with Gasteiger partial charge in [0.25, 0.3) is 5.91 Å². The Morgan fingerprint density at radius 3 is 2.72 bits per heavy atom. The molecule has 0 radical (unpaired) electrons. The summed E-state index contributed by atoms with van der Waals surface area (Å²) in [6.07, 6.45) is 4.68. The summed E-state index contributed by atoms with van der Waals surface area (Å²) in [4.78, 5) is 19.1. The average Bonchev–Trinajstić information content (AvgIpc) is 2.83. The molecule has 1 aromatic carbocycles. The monoisotopic (exact) mass is 240 g/mol. The third-order valence-electron chi connectivity index (χ3n) is 2.60. The number of carbonyl (C=O) groups excluding carboxylic acids is 1. The Balaban J connectivity index is 2.28. The summed E-state index contributed by atoms with van der Waals surface area (Å²) in [6, 6.07) is 5.13. The molecule has 88 valence electrons. The second kappa shape index (κ2) is 3.92. The molecule has 6 nitrogen and oxygen atoms in total. The van der Waals surface area contributed by atoms with E-state index < -0.39 is 5.91 Å². The van der Waals surface area contributed by atoms with Gasteiger partial charge in [0.1, 0.15) is 12.0 Å². The molecule has 18 heavy (non-hydrogen) atoms. The molecule has 0 aliphatic heterocycles. The molecule has 2 N–H and O–H groups in total. The molecule has 0 spiro atoms. The van der Waals surface area contributed by atoms with E-state index in [1.54, 1.807) is 30.6 Å². The van der Waals surface area contributed by atoms with Gasteiger partial charge in [-0.15, -0.1) is 0 Å². The molecule has 0 fully saturated rings. The molecular formula is C12H8N4O2. The Bertz CT molecular complexity index is 721. The predicted octanol–water partition coefficient (Wildman–Crippen LogP) is 1.38. The van der Waals surface area contributed by atoms with E-state index in [2.05, 4.69) is 15.1 Å². The second-order valence-corrected chi connectivity index (χ2v) is 3.70. The molecule has 0 aliphatic rings. The average molecular weight is 240 g/mol. The smallest absolute Gasteiger partial charge is 0.252 e. The number of nitrogens with zero attached hydrogens (tertiary/aromatic N) is 3. The fourth-order valence-electron chi connectivity index (χ4n) is 1.79. The van der Waals surface area contributed by atoms with E-state index in [1.807, 2.05) is 0 Å². The van der Waals surface area contributed by atoms with Crippen molar-refractivity contribution < 1.29 is 9.32 Å². The first-order valence-electron chi connectivity index (χ1n) is 5.21. The number of primary amides is 1. The van der Waals surface area contributed by atoms with Crippen molar-refractivity contribution in [2.75, 3.05) is 0 Å². The largest absolute Gasteiger partial charge is 0.365 e. The summed E-state index contributed by atoms with van der Waals surface area (Å²) in [5, 5.41) is 4.66. The standard InChI is InChI=1S/C12H8N4O2/c13-12(17)9-3-1-2-8-10(16-18-11(8)9)7-4-14-6-15-5-7/h1-6H,(H2,13,17). The number of rotatable bonds is 2. The molecule has 3 rings (SSSR count). The minimum atomic E-state index is -0.549. The molecule has 1 amide bonds. The summed E-state index contributed by atoms with van der Waals surface area (Å²) in [6.45, 7) is 0. The van der Waals surface area contributed by atoms with Gasteiger partial charge in [-0.2, -0.15) is 0 Å². The van der Waals surface area contributed by atoms with Gasteiger partial charge in [0.15, 0.2) is 5.58 Å². The van der Waals surface area contributed by atoms with Crippen LogP contribution < -0.4 is 5.73 Å². The summed E-state index contributed by atoms with van der Waals surface area (Å²) in [5.41, 5.74) is 7.28. The highest BCUT2D eigenvalue weighted by atomic mass is 16.5. The number of nitrogens with two attached hydrogens (primary N) is 1. The molecule has 3 aromatic rings. The number of para-hydroxylation sites is 1. The fraction of sp³-hybridized carbons (Fsp3) is 0. The Morgan fingerprint density at radius 2 is 2.00 bits per heavy atom. The van der Waals surface area contributed by atoms with Crippen LogP contribution in [0.15, 0.2) is 41.4 Å². The van der Waals surface area contributed by atoms with Crippen LogP contribution in [0.4, 0.5) is 0 Å². The zero-order valence-corrected chi connectivity index (χ0v) is 9.20. The van der Waals surface area contributed by atoms with E-state index in [1.165, 1.54) is 6.33 Å². The number of hydrogen-bond acceptors (Lipinski definition) is 5. The molecule has 0 aliphatic carbocycles. The number of aromatic nitrogens is 3. The Hall–Kier alpha value is -2.76. The van der Waals surface area contributed by atoms with Gasteiger partial charge in [0, 0.05) is 18.0 Å². The topological polar surface area (TPSA) is 94.9 Å². The van der Waals surface area contributed by atoms with E-state index in [0.29, 0.717) is 22.2 Å². The summed E-state index contributed by atoms with van der Waals surface area (Å²) in [5.74, 6) is -0.549. The molecule has 0 atom stereocenters. The first kappa shape index (κ1) is 10.4. The maximum atomic E-state index is 11.3. The van der Waals surface area contributed by atoms with Crippen molar-refractivity contribution in [3.05, 3.63) is 42.5 Å². The van der Waals surface area contributed by atoms with Crippen LogP contribution in [0, 0.1) is 0 Å². The third-order valence-corrected chi connectivity index (χ3v) is 2.60. The van der Waals surface area contributed by atoms with Crippen LogP contribution >= 0.6 is 0 Å². The Morgan fingerprint density at radius 1 is 1.22 bits per heavy atom. The third kappa shape index (κ3) is 1.51. The van der Waals surface area contributed by atoms with Crippen molar-refractivity contribution in [1.29, 1.82) is 0 Å². The molecule has 0 saturated heterocycles. The SMILES string of the molecule is NC(=O)c1cccc2c(-c3cncnc3)noc12. The lowest BCUT2D eigenvalue weighted by atomic mass is 10.1. The van der Waals surface area contributed by atoms with Gasteiger partial charge in [0.05, 0.1) is 10.9 Å². The minimum absolute atomic E-state index is 0.308. The number of carbonyl (C=O) groups is 1. The van der Waals surface area contributed by atoms with Gasteiger partial charge < -0.3 is 10.3 Å². The van der Waals surface area contributed by atoms with Gasteiger partial charge in [-0.05, 0) is 12.1 Å². The van der Waals surface area contributed by atoms with Crippen LogP contribution in [-0.2, 0) is 0 Å². The van der Waals surface area contributed by atoms with Crippen LogP contribution in [0.25, 0.3) is 22.2 Å². The number of fused-ring (bicyclic) bond motifs is 1. The zero-order valence-electron chi connectivity index (χ0n) is 9.20. The highest BCUT2D eigenvalue weighted by Gasteiger charge is 2.16. The van der Waals surface area contributed by atoms with E-state index >= 15 is 0 Å². The molecule has 0 unspecified atom stereocenters. The first-order valence-corrected chi connectivity index (χ1v) is 5.21. The highest BCUT2D eigenvalue weighted by molar-refractivity contribution is 6.06. The van der Waals surface area contributed by atoms with Gasteiger partial charge in [0.2, 0.25) is 0 Å².